The molecule has 1 aromatic carbocycles. The predicted octanol–water partition coefficient (Wildman–Crippen LogP) is 2.49. The normalized spacial score (nSPS) is 17.1. The average Bonchev–Trinajstić information content (AvgIpc) is 2.95. The van der Waals surface area contributed by atoms with Crippen LogP contribution in [0.1, 0.15) is 31.7 Å². The van der Waals surface area contributed by atoms with E-state index in [1.54, 1.807) is 0 Å². The summed E-state index contributed by atoms with van der Waals surface area (Å²) in [6.07, 6.45) is 3.08. The van der Waals surface area contributed by atoms with Crippen LogP contribution >= 0.6 is 0 Å². The van der Waals surface area contributed by atoms with E-state index in [9.17, 15) is 4.79 Å². The Morgan fingerprint density at radius 2 is 2.00 bits per heavy atom. The van der Waals surface area contributed by atoms with E-state index in [1.165, 1.54) is 12.8 Å². The van der Waals surface area contributed by atoms with Crippen molar-refractivity contribution in [3.8, 4) is 0 Å². The Morgan fingerprint density at radius 3 is 2.60 bits per heavy atom. The summed E-state index contributed by atoms with van der Waals surface area (Å²) in [5, 5.41) is 2.96. The number of rotatable bonds is 4. The van der Waals surface area contributed by atoms with E-state index < -0.39 is 0 Å². The molecule has 1 aromatic rings. The van der Waals surface area contributed by atoms with Gasteiger partial charge in [0.15, 0.2) is 0 Å². The van der Waals surface area contributed by atoms with Crippen molar-refractivity contribution in [2.45, 2.75) is 32.7 Å². The van der Waals surface area contributed by atoms with Crippen LogP contribution in [0.2, 0.25) is 0 Å². The fourth-order valence-corrected chi connectivity index (χ4v) is 1.64. The first-order chi connectivity index (χ1) is 7.18. The van der Waals surface area contributed by atoms with Crippen molar-refractivity contribution >= 4 is 5.91 Å². The minimum atomic E-state index is 0.179. The number of benzene rings is 1. The van der Waals surface area contributed by atoms with E-state index in [-0.39, 0.29) is 5.91 Å². The van der Waals surface area contributed by atoms with Gasteiger partial charge in [0, 0.05) is 13.0 Å². The Bertz CT molecular complexity index is 341. The number of carbonyl (C=O) groups excluding carboxylic acids is 1. The molecule has 0 spiro atoms. The highest BCUT2D eigenvalue weighted by Gasteiger charge is 2.38. The molecule has 1 fully saturated rings. The van der Waals surface area contributed by atoms with Gasteiger partial charge in [0.2, 0.25) is 5.91 Å². The molecule has 0 unspecified atom stereocenters. The summed E-state index contributed by atoms with van der Waals surface area (Å²) < 4.78 is 0. The van der Waals surface area contributed by atoms with Gasteiger partial charge in [0.25, 0.3) is 0 Å². The molecule has 15 heavy (non-hydrogen) atoms. The Morgan fingerprint density at radius 1 is 1.33 bits per heavy atom. The van der Waals surface area contributed by atoms with E-state index in [0.717, 1.165) is 5.56 Å². The summed E-state index contributed by atoms with van der Waals surface area (Å²) in [5.41, 5.74) is 1.47. The third-order valence-electron chi connectivity index (χ3n) is 3.02. The molecule has 0 radical (unpaired) electrons. The molecule has 0 bridgehead atoms. The van der Waals surface area contributed by atoms with Crippen molar-refractivity contribution in [3.05, 3.63) is 35.9 Å². The Balaban J connectivity index is 1.76. The summed E-state index contributed by atoms with van der Waals surface area (Å²) in [7, 11) is 0. The van der Waals surface area contributed by atoms with Gasteiger partial charge in [0.05, 0.1) is 0 Å². The van der Waals surface area contributed by atoms with Crippen LogP contribution in [-0.2, 0) is 11.3 Å². The quantitative estimate of drug-likeness (QED) is 0.800. The topological polar surface area (TPSA) is 29.1 Å². The van der Waals surface area contributed by atoms with Gasteiger partial charge in [0.1, 0.15) is 0 Å². The maximum absolute atomic E-state index is 11.6. The minimum Gasteiger partial charge on any atom is -0.352 e. The molecular formula is C13H17NO. The van der Waals surface area contributed by atoms with Crippen molar-refractivity contribution in [3.63, 3.8) is 0 Å². The zero-order valence-electron chi connectivity index (χ0n) is 9.12. The molecule has 1 saturated carbocycles. The Labute approximate surface area is 90.7 Å². The van der Waals surface area contributed by atoms with Gasteiger partial charge in [-0.15, -0.1) is 0 Å². The summed E-state index contributed by atoms with van der Waals surface area (Å²) in [6.45, 7) is 2.82. The molecular weight excluding hydrogens is 186 g/mol. The number of amides is 1. The molecule has 2 rings (SSSR count). The van der Waals surface area contributed by atoms with Gasteiger partial charge in [-0.25, -0.2) is 0 Å². The highest BCUT2D eigenvalue weighted by molar-refractivity contribution is 5.77. The molecule has 2 nitrogen and oxygen atoms in total. The van der Waals surface area contributed by atoms with Crippen LogP contribution < -0.4 is 5.32 Å². The number of hydrogen-bond donors (Lipinski definition) is 1. The van der Waals surface area contributed by atoms with Gasteiger partial charge < -0.3 is 5.32 Å². The molecule has 1 amide bonds. The standard InChI is InChI=1S/C13H17NO/c1-13(7-8-13)9-12(15)14-10-11-5-3-2-4-6-11/h2-6H,7-10H2,1H3,(H,14,15). The van der Waals surface area contributed by atoms with E-state index in [1.807, 2.05) is 30.3 Å². The molecule has 0 heterocycles. The fourth-order valence-electron chi connectivity index (χ4n) is 1.64. The van der Waals surface area contributed by atoms with Gasteiger partial charge in [-0.05, 0) is 23.8 Å². The second kappa shape index (κ2) is 4.05. The highest BCUT2D eigenvalue weighted by Crippen LogP contribution is 2.47. The zero-order chi connectivity index (χ0) is 10.7. The van der Waals surface area contributed by atoms with E-state index in [2.05, 4.69) is 12.2 Å². The summed E-state index contributed by atoms with van der Waals surface area (Å²) in [6, 6.07) is 10.0. The highest BCUT2D eigenvalue weighted by atomic mass is 16.1. The minimum absolute atomic E-state index is 0.179. The van der Waals surface area contributed by atoms with E-state index in [0.29, 0.717) is 18.4 Å². The lowest BCUT2D eigenvalue weighted by Crippen LogP contribution is -2.24. The summed E-state index contributed by atoms with van der Waals surface area (Å²) in [5.74, 6) is 0.179. The first-order valence-electron chi connectivity index (χ1n) is 5.49. The summed E-state index contributed by atoms with van der Waals surface area (Å²) in [4.78, 5) is 11.6. The second-order valence-electron chi connectivity index (χ2n) is 4.75. The molecule has 2 heteroatoms. The van der Waals surface area contributed by atoms with Crippen molar-refractivity contribution in [1.82, 2.24) is 5.32 Å². The van der Waals surface area contributed by atoms with Crippen LogP contribution in [0.3, 0.4) is 0 Å². The van der Waals surface area contributed by atoms with Gasteiger partial charge in [-0.3, -0.25) is 4.79 Å². The third-order valence-corrected chi connectivity index (χ3v) is 3.02. The van der Waals surface area contributed by atoms with Crippen molar-refractivity contribution in [1.29, 1.82) is 0 Å². The maximum Gasteiger partial charge on any atom is 0.220 e. The van der Waals surface area contributed by atoms with Gasteiger partial charge in [-0.2, -0.15) is 0 Å². The van der Waals surface area contributed by atoms with E-state index in [4.69, 9.17) is 0 Å². The maximum atomic E-state index is 11.6. The molecule has 0 atom stereocenters. The molecule has 0 aliphatic heterocycles. The monoisotopic (exact) mass is 203 g/mol. The van der Waals surface area contributed by atoms with Crippen LogP contribution in [0.5, 0.6) is 0 Å². The second-order valence-corrected chi connectivity index (χ2v) is 4.75. The van der Waals surface area contributed by atoms with Gasteiger partial charge in [-0.1, -0.05) is 37.3 Å². The average molecular weight is 203 g/mol. The Hall–Kier alpha value is -1.31. The third kappa shape index (κ3) is 3.08. The van der Waals surface area contributed by atoms with Crippen LogP contribution in [0.25, 0.3) is 0 Å². The Kier molecular flexibility index (Phi) is 2.76. The van der Waals surface area contributed by atoms with Gasteiger partial charge >= 0.3 is 0 Å². The summed E-state index contributed by atoms with van der Waals surface area (Å²) >= 11 is 0. The molecule has 1 N–H and O–H groups in total. The van der Waals surface area contributed by atoms with Crippen molar-refractivity contribution in [2.24, 2.45) is 5.41 Å². The van der Waals surface area contributed by atoms with Crippen LogP contribution in [0.15, 0.2) is 30.3 Å². The smallest absolute Gasteiger partial charge is 0.220 e. The van der Waals surface area contributed by atoms with Crippen molar-refractivity contribution in [2.75, 3.05) is 0 Å². The lowest BCUT2D eigenvalue weighted by Gasteiger charge is -2.08. The lowest BCUT2D eigenvalue weighted by molar-refractivity contribution is -0.122. The number of hydrogen-bond acceptors (Lipinski definition) is 1. The van der Waals surface area contributed by atoms with Crippen LogP contribution in [0, 0.1) is 5.41 Å². The molecule has 1 aliphatic carbocycles. The molecule has 0 saturated heterocycles. The van der Waals surface area contributed by atoms with Crippen molar-refractivity contribution < 1.29 is 4.79 Å². The zero-order valence-corrected chi connectivity index (χ0v) is 9.12. The number of carbonyl (C=O) groups is 1. The number of nitrogens with one attached hydrogen (secondary N) is 1. The fraction of sp³-hybridized carbons (Fsp3) is 0.462. The molecule has 1 aliphatic rings. The van der Waals surface area contributed by atoms with Crippen LogP contribution in [-0.4, -0.2) is 5.91 Å². The van der Waals surface area contributed by atoms with E-state index >= 15 is 0 Å². The molecule has 0 aromatic heterocycles. The predicted molar refractivity (Wildman–Crippen MR) is 60.2 cm³/mol. The lowest BCUT2D eigenvalue weighted by atomic mass is 10.1. The first kappa shape index (κ1) is 10.2. The first-order valence-corrected chi connectivity index (χ1v) is 5.49. The SMILES string of the molecule is CC1(CC(=O)NCc2ccccc2)CC1. The largest absolute Gasteiger partial charge is 0.352 e. The molecule has 80 valence electrons. The van der Waals surface area contributed by atoms with Crippen LogP contribution in [0.4, 0.5) is 0 Å².